The largest absolute Gasteiger partial charge is 0.383 e. The number of carbonyl (C=O) groups excluding carboxylic acids is 1. The van der Waals surface area contributed by atoms with Gasteiger partial charge in [0.25, 0.3) is 5.91 Å². The summed E-state index contributed by atoms with van der Waals surface area (Å²) in [6.07, 6.45) is 1.41. The van der Waals surface area contributed by atoms with Crippen LogP contribution in [0, 0.1) is 0 Å². The first-order valence-corrected chi connectivity index (χ1v) is 5.21. The zero-order chi connectivity index (χ0) is 12.3. The Morgan fingerprint density at radius 3 is 2.76 bits per heavy atom. The van der Waals surface area contributed by atoms with Crippen LogP contribution in [0.2, 0.25) is 0 Å². The van der Waals surface area contributed by atoms with E-state index >= 15 is 0 Å². The predicted molar refractivity (Wildman–Crippen MR) is 64.5 cm³/mol. The molecule has 0 aliphatic heterocycles. The summed E-state index contributed by atoms with van der Waals surface area (Å²) in [5, 5.41) is 3.91. The van der Waals surface area contributed by atoms with Crippen LogP contribution < -0.4 is 11.1 Å². The van der Waals surface area contributed by atoms with E-state index in [1.54, 1.807) is 12.1 Å². The molecule has 5 heteroatoms. The minimum atomic E-state index is -0.591. The summed E-state index contributed by atoms with van der Waals surface area (Å²) in [6.45, 7) is -0.594. The van der Waals surface area contributed by atoms with Crippen molar-refractivity contribution in [2.75, 3.05) is 19.0 Å². The Bertz CT molecular complexity index is 556. The highest BCUT2D eigenvalue weighted by atomic mass is 19.1. The van der Waals surface area contributed by atoms with Crippen LogP contribution in [0.15, 0.2) is 30.5 Å². The maximum absolute atomic E-state index is 12.0. The highest BCUT2D eigenvalue weighted by Crippen LogP contribution is 2.22. The summed E-state index contributed by atoms with van der Waals surface area (Å²) in [5.41, 5.74) is 6.13. The predicted octanol–water partition coefficient (Wildman–Crippen LogP) is 1.52. The Labute approximate surface area is 97.6 Å². The second kappa shape index (κ2) is 4.78. The second-order valence-electron chi connectivity index (χ2n) is 3.55. The molecule has 2 aromatic rings. The molecule has 88 valence electrons. The van der Waals surface area contributed by atoms with E-state index in [1.807, 2.05) is 12.1 Å². The maximum atomic E-state index is 12.0. The minimum Gasteiger partial charge on any atom is -0.383 e. The van der Waals surface area contributed by atoms with E-state index < -0.39 is 6.67 Å². The third-order valence-corrected chi connectivity index (χ3v) is 2.45. The number of pyridine rings is 1. The zero-order valence-electron chi connectivity index (χ0n) is 9.11. The third kappa shape index (κ3) is 2.18. The van der Waals surface area contributed by atoms with Crippen molar-refractivity contribution in [2.24, 2.45) is 0 Å². The number of nitrogens with zero attached hydrogens (tertiary/aromatic N) is 1. The molecule has 1 aromatic carbocycles. The van der Waals surface area contributed by atoms with Crippen molar-refractivity contribution >= 4 is 22.5 Å². The third-order valence-electron chi connectivity index (χ3n) is 2.45. The normalized spacial score (nSPS) is 10.4. The van der Waals surface area contributed by atoms with Crippen LogP contribution in [0.25, 0.3) is 10.8 Å². The monoisotopic (exact) mass is 233 g/mol. The molecule has 17 heavy (non-hydrogen) atoms. The van der Waals surface area contributed by atoms with E-state index in [1.165, 1.54) is 6.20 Å². The summed E-state index contributed by atoms with van der Waals surface area (Å²) in [6, 6.07) is 7.22. The van der Waals surface area contributed by atoms with Crippen molar-refractivity contribution in [3.05, 3.63) is 36.0 Å². The molecular weight excluding hydrogens is 221 g/mol. The van der Waals surface area contributed by atoms with Gasteiger partial charge in [0.05, 0.1) is 5.56 Å². The quantitative estimate of drug-likeness (QED) is 0.844. The van der Waals surface area contributed by atoms with Gasteiger partial charge in [0.1, 0.15) is 12.5 Å². The SMILES string of the molecule is Nc1ncc(C(=O)NCCF)c2ccccc12. The number of hydrogen-bond donors (Lipinski definition) is 2. The Hall–Kier alpha value is -2.17. The summed E-state index contributed by atoms with van der Waals surface area (Å²) in [7, 11) is 0. The van der Waals surface area contributed by atoms with Crippen LogP contribution >= 0.6 is 0 Å². The number of halogens is 1. The van der Waals surface area contributed by atoms with Crippen LogP contribution in [-0.4, -0.2) is 24.1 Å². The van der Waals surface area contributed by atoms with E-state index in [4.69, 9.17) is 5.73 Å². The van der Waals surface area contributed by atoms with Gasteiger partial charge in [0, 0.05) is 18.1 Å². The minimum absolute atomic E-state index is 0.00244. The van der Waals surface area contributed by atoms with Crippen LogP contribution in [0.4, 0.5) is 10.2 Å². The number of nitrogen functional groups attached to an aromatic ring is 1. The molecule has 0 atom stereocenters. The molecule has 0 aliphatic rings. The van der Waals surface area contributed by atoms with E-state index in [0.29, 0.717) is 11.4 Å². The lowest BCUT2D eigenvalue weighted by Gasteiger charge is -2.07. The van der Waals surface area contributed by atoms with Gasteiger partial charge in [-0.3, -0.25) is 4.79 Å². The second-order valence-corrected chi connectivity index (χ2v) is 3.55. The number of alkyl halides is 1. The number of carbonyl (C=O) groups is 1. The molecule has 1 aromatic heterocycles. The molecule has 0 saturated carbocycles. The number of nitrogens with one attached hydrogen (secondary N) is 1. The molecule has 3 N–H and O–H groups in total. The Balaban J connectivity index is 2.48. The van der Waals surface area contributed by atoms with Gasteiger partial charge in [-0.05, 0) is 5.39 Å². The topological polar surface area (TPSA) is 68.0 Å². The van der Waals surface area contributed by atoms with E-state index in [9.17, 15) is 9.18 Å². The first kappa shape index (κ1) is 11.3. The number of nitrogens with two attached hydrogens (primary N) is 1. The first-order chi connectivity index (χ1) is 8.24. The number of fused-ring (bicyclic) bond motifs is 1. The molecule has 0 bridgehead atoms. The number of benzene rings is 1. The van der Waals surface area contributed by atoms with Crippen LogP contribution in [0.3, 0.4) is 0 Å². The maximum Gasteiger partial charge on any atom is 0.253 e. The van der Waals surface area contributed by atoms with E-state index in [0.717, 1.165) is 10.8 Å². The number of rotatable bonds is 3. The highest BCUT2D eigenvalue weighted by molar-refractivity contribution is 6.08. The highest BCUT2D eigenvalue weighted by Gasteiger charge is 2.11. The number of aromatic nitrogens is 1. The van der Waals surface area contributed by atoms with E-state index in [2.05, 4.69) is 10.3 Å². The number of amides is 1. The first-order valence-electron chi connectivity index (χ1n) is 5.21. The van der Waals surface area contributed by atoms with Crippen molar-refractivity contribution < 1.29 is 9.18 Å². The van der Waals surface area contributed by atoms with Gasteiger partial charge >= 0.3 is 0 Å². The lowest BCUT2D eigenvalue weighted by Crippen LogP contribution is -2.25. The molecule has 1 heterocycles. The molecule has 0 aliphatic carbocycles. The molecule has 1 amide bonds. The number of hydrogen-bond acceptors (Lipinski definition) is 3. The lowest BCUT2D eigenvalue weighted by molar-refractivity contribution is 0.0952. The zero-order valence-corrected chi connectivity index (χ0v) is 9.11. The fourth-order valence-electron chi connectivity index (χ4n) is 1.65. The Morgan fingerprint density at radius 1 is 1.35 bits per heavy atom. The van der Waals surface area contributed by atoms with Crippen molar-refractivity contribution in [3.8, 4) is 0 Å². The summed E-state index contributed by atoms with van der Waals surface area (Å²) in [5.74, 6) is 0.0361. The fraction of sp³-hybridized carbons (Fsp3) is 0.167. The van der Waals surface area contributed by atoms with Crippen LogP contribution in [-0.2, 0) is 0 Å². The molecule has 0 unspecified atom stereocenters. The van der Waals surface area contributed by atoms with Gasteiger partial charge in [-0.15, -0.1) is 0 Å². The van der Waals surface area contributed by atoms with Crippen molar-refractivity contribution in [1.82, 2.24) is 10.3 Å². The van der Waals surface area contributed by atoms with Gasteiger partial charge in [-0.25, -0.2) is 9.37 Å². The van der Waals surface area contributed by atoms with Crippen LogP contribution in [0.5, 0.6) is 0 Å². The van der Waals surface area contributed by atoms with Gasteiger partial charge in [-0.1, -0.05) is 24.3 Å². The average Bonchev–Trinajstić information content (AvgIpc) is 2.37. The van der Waals surface area contributed by atoms with Gasteiger partial charge in [0.2, 0.25) is 0 Å². The Kier molecular flexibility index (Phi) is 3.18. The van der Waals surface area contributed by atoms with Crippen molar-refractivity contribution in [3.63, 3.8) is 0 Å². The summed E-state index contributed by atoms with van der Waals surface area (Å²) >= 11 is 0. The fourth-order valence-corrected chi connectivity index (χ4v) is 1.65. The van der Waals surface area contributed by atoms with Gasteiger partial charge in [0.15, 0.2) is 0 Å². The van der Waals surface area contributed by atoms with Crippen molar-refractivity contribution in [1.29, 1.82) is 0 Å². The van der Waals surface area contributed by atoms with Gasteiger partial charge < -0.3 is 11.1 Å². The standard InChI is InChI=1S/C12H12FN3O/c13-5-6-15-12(17)10-7-16-11(14)9-4-2-1-3-8(9)10/h1-4,7H,5-6H2,(H2,14,16)(H,15,17). The summed E-state index contributed by atoms with van der Waals surface area (Å²) in [4.78, 5) is 15.7. The molecule has 0 spiro atoms. The van der Waals surface area contributed by atoms with Gasteiger partial charge in [-0.2, -0.15) is 0 Å². The average molecular weight is 233 g/mol. The van der Waals surface area contributed by atoms with E-state index in [-0.39, 0.29) is 12.5 Å². The molecule has 2 rings (SSSR count). The lowest BCUT2D eigenvalue weighted by atomic mass is 10.1. The molecule has 4 nitrogen and oxygen atoms in total. The number of anilines is 1. The molecule has 0 radical (unpaired) electrons. The smallest absolute Gasteiger partial charge is 0.253 e. The molecule has 0 fully saturated rings. The Morgan fingerprint density at radius 2 is 2.06 bits per heavy atom. The molecular formula is C12H12FN3O. The molecule has 0 saturated heterocycles. The van der Waals surface area contributed by atoms with Crippen LogP contribution in [0.1, 0.15) is 10.4 Å². The summed E-state index contributed by atoms with van der Waals surface area (Å²) < 4.78 is 12.0. The van der Waals surface area contributed by atoms with Crippen molar-refractivity contribution in [2.45, 2.75) is 0 Å².